The fraction of sp³-hybridized carbons (Fsp3) is 0.500. The first kappa shape index (κ1) is 8.76. The molecule has 1 fully saturated rings. The van der Waals surface area contributed by atoms with Crippen molar-refractivity contribution in [2.24, 2.45) is 11.8 Å². The second-order valence-electron chi connectivity index (χ2n) is 4.20. The largest absolute Gasteiger partial charge is 0.309 e. The maximum atomic E-state index is 3.49. The molecule has 1 N–H and O–H groups in total. The zero-order chi connectivity index (χ0) is 9.26. The Labute approximate surface area is 80.2 Å². The van der Waals surface area contributed by atoms with Gasteiger partial charge in [-0.1, -0.05) is 44.2 Å². The lowest BCUT2D eigenvalue weighted by Crippen LogP contribution is -2.48. The zero-order valence-electron chi connectivity index (χ0n) is 8.33. The lowest BCUT2D eigenvalue weighted by Gasteiger charge is -2.41. The molecule has 0 bridgehead atoms. The van der Waals surface area contributed by atoms with Crippen molar-refractivity contribution in [1.29, 1.82) is 0 Å². The van der Waals surface area contributed by atoms with Crippen molar-refractivity contribution in [3.8, 4) is 0 Å². The van der Waals surface area contributed by atoms with Gasteiger partial charge in [-0.2, -0.15) is 0 Å². The smallest absolute Gasteiger partial charge is 0.0363 e. The van der Waals surface area contributed by atoms with Crippen LogP contribution in [0.5, 0.6) is 0 Å². The van der Waals surface area contributed by atoms with Gasteiger partial charge in [0, 0.05) is 12.6 Å². The molecule has 1 nitrogen and oxygen atoms in total. The third-order valence-corrected chi connectivity index (χ3v) is 3.02. The molecule has 2 atom stereocenters. The van der Waals surface area contributed by atoms with Crippen LogP contribution in [-0.4, -0.2) is 6.54 Å². The highest BCUT2D eigenvalue weighted by Crippen LogP contribution is 2.34. The minimum Gasteiger partial charge on any atom is -0.309 e. The van der Waals surface area contributed by atoms with E-state index in [9.17, 15) is 0 Å². The Kier molecular flexibility index (Phi) is 2.36. The van der Waals surface area contributed by atoms with Crippen molar-refractivity contribution in [3.05, 3.63) is 35.9 Å². The molecule has 1 aliphatic heterocycles. The molecule has 0 radical (unpaired) electrons. The van der Waals surface area contributed by atoms with E-state index < -0.39 is 0 Å². The molecular formula is C12H17N. The molecule has 0 saturated carbocycles. The third kappa shape index (κ3) is 1.61. The van der Waals surface area contributed by atoms with Crippen molar-refractivity contribution in [3.63, 3.8) is 0 Å². The SMILES string of the molecule is CC(C)C1CNC1c1ccccc1. The highest BCUT2D eigenvalue weighted by Gasteiger charge is 2.33. The lowest BCUT2D eigenvalue weighted by atomic mass is 9.79. The molecule has 2 unspecified atom stereocenters. The van der Waals surface area contributed by atoms with Crippen LogP contribution in [0.1, 0.15) is 25.5 Å². The van der Waals surface area contributed by atoms with Crippen LogP contribution in [0.15, 0.2) is 30.3 Å². The maximum Gasteiger partial charge on any atom is 0.0363 e. The van der Waals surface area contributed by atoms with Crippen molar-refractivity contribution < 1.29 is 0 Å². The fourth-order valence-electron chi connectivity index (χ4n) is 2.02. The van der Waals surface area contributed by atoms with Crippen molar-refractivity contribution in [2.45, 2.75) is 19.9 Å². The summed E-state index contributed by atoms with van der Waals surface area (Å²) in [6, 6.07) is 11.3. The Morgan fingerprint density at radius 1 is 1.23 bits per heavy atom. The maximum absolute atomic E-state index is 3.49. The standard InChI is InChI=1S/C12H17N/c1-9(2)11-8-13-12(11)10-6-4-3-5-7-10/h3-7,9,11-13H,8H2,1-2H3. The van der Waals surface area contributed by atoms with Crippen molar-refractivity contribution >= 4 is 0 Å². The summed E-state index contributed by atoms with van der Waals surface area (Å²) in [5.74, 6) is 1.61. The van der Waals surface area contributed by atoms with E-state index in [0.29, 0.717) is 6.04 Å². The van der Waals surface area contributed by atoms with Crippen molar-refractivity contribution in [2.75, 3.05) is 6.54 Å². The number of rotatable bonds is 2. The van der Waals surface area contributed by atoms with E-state index in [1.165, 1.54) is 12.1 Å². The van der Waals surface area contributed by atoms with Crippen LogP contribution < -0.4 is 5.32 Å². The molecule has 0 amide bonds. The third-order valence-electron chi connectivity index (χ3n) is 3.02. The van der Waals surface area contributed by atoms with Crippen LogP contribution in [0.25, 0.3) is 0 Å². The number of hydrogen-bond donors (Lipinski definition) is 1. The van der Waals surface area contributed by atoms with Crippen LogP contribution in [-0.2, 0) is 0 Å². The average Bonchev–Trinajstić information content (AvgIpc) is 2.02. The van der Waals surface area contributed by atoms with Gasteiger partial charge < -0.3 is 5.32 Å². The highest BCUT2D eigenvalue weighted by atomic mass is 15.0. The van der Waals surface area contributed by atoms with Crippen molar-refractivity contribution in [1.82, 2.24) is 5.32 Å². The van der Waals surface area contributed by atoms with E-state index in [4.69, 9.17) is 0 Å². The summed E-state index contributed by atoms with van der Waals surface area (Å²) in [6.07, 6.45) is 0. The summed E-state index contributed by atoms with van der Waals surface area (Å²) in [5.41, 5.74) is 1.44. The Hall–Kier alpha value is -0.820. The van der Waals surface area contributed by atoms with E-state index in [0.717, 1.165) is 11.8 Å². The van der Waals surface area contributed by atoms with Crippen LogP contribution in [0.3, 0.4) is 0 Å². The monoisotopic (exact) mass is 175 g/mol. The Balaban J connectivity index is 2.11. The quantitative estimate of drug-likeness (QED) is 0.728. The first-order valence-electron chi connectivity index (χ1n) is 5.07. The summed E-state index contributed by atoms with van der Waals surface area (Å²) < 4.78 is 0. The van der Waals surface area contributed by atoms with E-state index >= 15 is 0 Å². The first-order valence-corrected chi connectivity index (χ1v) is 5.07. The second-order valence-corrected chi connectivity index (χ2v) is 4.20. The molecule has 1 aromatic carbocycles. The molecular weight excluding hydrogens is 158 g/mol. The average molecular weight is 175 g/mol. The first-order chi connectivity index (χ1) is 6.29. The molecule has 1 aromatic rings. The van der Waals surface area contributed by atoms with Gasteiger partial charge in [-0.05, 0) is 17.4 Å². The summed E-state index contributed by atoms with van der Waals surface area (Å²) in [4.78, 5) is 0. The van der Waals surface area contributed by atoms with Gasteiger partial charge in [-0.25, -0.2) is 0 Å². The van der Waals surface area contributed by atoms with Gasteiger partial charge in [0.25, 0.3) is 0 Å². The van der Waals surface area contributed by atoms with E-state index in [1.54, 1.807) is 0 Å². The minimum atomic E-state index is 0.598. The molecule has 0 aromatic heterocycles. The zero-order valence-corrected chi connectivity index (χ0v) is 8.33. The molecule has 1 heteroatoms. The van der Waals surface area contributed by atoms with Crippen LogP contribution >= 0.6 is 0 Å². The van der Waals surface area contributed by atoms with Gasteiger partial charge in [-0.15, -0.1) is 0 Å². The molecule has 1 saturated heterocycles. The molecule has 70 valence electrons. The predicted octanol–water partition coefficient (Wildman–Crippen LogP) is 2.60. The van der Waals surface area contributed by atoms with Crippen LogP contribution in [0.2, 0.25) is 0 Å². The molecule has 0 spiro atoms. The molecule has 1 heterocycles. The summed E-state index contributed by atoms with van der Waals surface area (Å²) in [6.45, 7) is 5.79. The van der Waals surface area contributed by atoms with Crippen LogP contribution in [0, 0.1) is 11.8 Å². The predicted molar refractivity (Wildman–Crippen MR) is 55.5 cm³/mol. The van der Waals surface area contributed by atoms with E-state index in [2.05, 4.69) is 49.5 Å². The van der Waals surface area contributed by atoms with Gasteiger partial charge in [0.2, 0.25) is 0 Å². The minimum absolute atomic E-state index is 0.598. The van der Waals surface area contributed by atoms with E-state index in [-0.39, 0.29) is 0 Å². The fourth-order valence-corrected chi connectivity index (χ4v) is 2.02. The summed E-state index contributed by atoms with van der Waals surface area (Å²) in [5, 5.41) is 3.49. The number of hydrogen-bond acceptors (Lipinski definition) is 1. The van der Waals surface area contributed by atoms with Gasteiger partial charge in [-0.3, -0.25) is 0 Å². The number of nitrogens with one attached hydrogen (secondary N) is 1. The van der Waals surface area contributed by atoms with E-state index in [1.807, 2.05) is 0 Å². The van der Waals surface area contributed by atoms with Gasteiger partial charge >= 0.3 is 0 Å². The lowest BCUT2D eigenvalue weighted by molar-refractivity contribution is 0.174. The topological polar surface area (TPSA) is 12.0 Å². The molecule has 0 aliphatic carbocycles. The Bertz CT molecular complexity index is 266. The van der Waals surface area contributed by atoms with Gasteiger partial charge in [0.1, 0.15) is 0 Å². The molecule has 13 heavy (non-hydrogen) atoms. The highest BCUT2D eigenvalue weighted by molar-refractivity contribution is 5.22. The Morgan fingerprint density at radius 3 is 2.38 bits per heavy atom. The normalized spacial score (nSPS) is 27.3. The number of benzene rings is 1. The Morgan fingerprint density at radius 2 is 1.92 bits per heavy atom. The molecule has 2 rings (SSSR count). The summed E-state index contributed by atoms with van der Waals surface area (Å²) in [7, 11) is 0. The van der Waals surface area contributed by atoms with Gasteiger partial charge in [0.05, 0.1) is 0 Å². The summed E-state index contributed by atoms with van der Waals surface area (Å²) >= 11 is 0. The van der Waals surface area contributed by atoms with Gasteiger partial charge in [0.15, 0.2) is 0 Å². The van der Waals surface area contributed by atoms with Crippen LogP contribution in [0.4, 0.5) is 0 Å². The molecule has 1 aliphatic rings. The second kappa shape index (κ2) is 3.51.